The van der Waals surface area contributed by atoms with E-state index in [1.807, 2.05) is 0 Å². The highest BCUT2D eigenvalue weighted by molar-refractivity contribution is 5.69. The van der Waals surface area contributed by atoms with E-state index in [1.165, 1.54) is 7.11 Å². The van der Waals surface area contributed by atoms with E-state index in [4.69, 9.17) is 22.7 Å². The number of aliphatic hydroxyl groups excluding tert-OH is 5. The van der Waals surface area contributed by atoms with E-state index >= 15 is 0 Å². The van der Waals surface area contributed by atoms with Gasteiger partial charge in [-0.1, -0.05) is 60.1 Å². The van der Waals surface area contributed by atoms with Crippen molar-refractivity contribution >= 4 is 11.9 Å². The summed E-state index contributed by atoms with van der Waals surface area (Å²) >= 11 is 0. The smallest absolute Gasteiger partial charge is 0.306 e. The Labute approximate surface area is 263 Å². The first-order valence-electron chi connectivity index (χ1n) is 14.0. The molecule has 0 radical (unpaired) electrons. The molecule has 0 unspecified atom stereocenters. The zero-order valence-electron chi connectivity index (χ0n) is 26.2. The quantitative estimate of drug-likeness (QED) is 0.107. The Bertz CT molecular complexity index is 1080. The maximum atomic E-state index is 11.3. The fraction of sp³-hybridized carbons (Fsp3) is 0.486. The van der Waals surface area contributed by atoms with E-state index in [0.717, 1.165) is 7.11 Å². The van der Waals surface area contributed by atoms with E-state index < -0.39 is 24.4 Å². The zero-order chi connectivity index (χ0) is 34.0. The van der Waals surface area contributed by atoms with Crippen LogP contribution in [0, 0.1) is 48.4 Å². The highest BCUT2D eigenvalue weighted by Gasteiger charge is 2.07. The molecule has 5 N–H and O–H groups in total. The maximum absolute atomic E-state index is 11.3. The van der Waals surface area contributed by atoms with Gasteiger partial charge in [-0.25, -0.2) is 0 Å². The molecule has 44 heavy (non-hydrogen) atoms. The highest BCUT2D eigenvalue weighted by atomic mass is 16.5. The van der Waals surface area contributed by atoms with Crippen LogP contribution in [-0.4, -0.2) is 82.2 Å². The number of aliphatic hydroxyl groups is 5. The van der Waals surface area contributed by atoms with Gasteiger partial charge in [0.25, 0.3) is 0 Å². The lowest BCUT2D eigenvalue weighted by molar-refractivity contribution is -0.147. The number of methoxy groups -OCH3 is 1. The standard InChI is InChI=1S/C18H24O4.C16H20O4.CH4O/c1-4-10-16(19)11-7-5-6-8-12-17(20)13-9-14-18(21)22-15(2)3;1-3-9-14(17)10-6-4-5-7-11-15(18)12-8-13-16(19)20-2;1-2/h1,5-7,11,15-17,19-20H,9-10,13-14H2,2-3H3;1,4-6,10,14-15,17-18H,8-9,12-13H2,2H3;2H,1H3/b6-5+,11-7+;5-4+,10-6+;/t16-,17-;14-,15-;/m11./s1. The summed E-state index contributed by atoms with van der Waals surface area (Å²) in [5, 5.41) is 44.7. The Morgan fingerprint density at radius 2 is 1.14 bits per heavy atom. The number of carbonyl (C=O) groups is 2. The maximum Gasteiger partial charge on any atom is 0.306 e. The van der Waals surface area contributed by atoms with Crippen molar-refractivity contribution in [2.24, 2.45) is 0 Å². The lowest BCUT2D eigenvalue weighted by Crippen LogP contribution is -2.12. The van der Waals surface area contributed by atoms with Gasteiger partial charge < -0.3 is 35.0 Å². The average Bonchev–Trinajstić information content (AvgIpc) is 2.97. The first-order chi connectivity index (χ1) is 21.0. The number of carbonyl (C=O) groups excluding carboxylic acids is 2. The topological polar surface area (TPSA) is 154 Å². The molecule has 0 aromatic heterocycles. The molecule has 9 heteroatoms. The lowest BCUT2D eigenvalue weighted by atomic mass is 10.1. The largest absolute Gasteiger partial charge is 0.469 e. The SMILES string of the molecule is C#CC[C@@H](O)/C=C/C=C/C#C[C@@H](O)CCCC(=O)OC.C#CC[C@@H](O)/C=C/C=C/C#C[C@@H](O)CCCC(=O)OC(C)C.CO. The van der Waals surface area contributed by atoms with Crippen LogP contribution in [0.1, 0.15) is 65.2 Å². The van der Waals surface area contributed by atoms with E-state index in [0.29, 0.717) is 25.7 Å². The number of terminal acetylenes is 2. The number of rotatable bonds is 15. The van der Waals surface area contributed by atoms with Crippen LogP contribution in [0.3, 0.4) is 0 Å². The number of ether oxygens (including phenoxy) is 2. The fourth-order valence-corrected chi connectivity index (χ4v) is 2.71. The predicted octanol–water partition coefficient (Wildman–Crippen LogP) is 2.77. The summed E-state index contributed by atoms with van der Waals surface area (Å²) in [5.74, 6) is 14.8. The Morgan fingerprint density at radius 1 is 0.727 bits per heavy atom. The second-order valence-corrected chi connectivity index (χ2v) is 8.95. The molecule has 0 aliphatic carbocycles. The number of allylic oxidation sites excluding steroid dienone is 6. The van der Waals surface area contributed by atoms with Crippen molar-refractivity contribution in [3.05, 3.63) is 48.6 Å². The van der Waals surface area contributed by atoms with Gasteiger partial charge in [0.1, 0.15) is 12.2 Å². The van der Waals surface area contributed by atoms with E-state index in [9.17, 15) is 30.0 Å². The second-order valence-electron chi connectivity index (χ2n) is 8.95. The summed E-state index contributed by atoms with van der Waals surface area (Å²) in [6.45, 7) is 3.59. The van der Waals surface area contributed by atoms with Crippen molar-refractivity contribution in [3.8, 4) is 48.4 Å². The fourth-order valence-electron chi connectivity index (χ4n) is 2.71. The molecule has 0 aromatic carbocycles. The molecule has 0 amide bonds. The van der Waals surface area contributed by atoms with Crippen molar-refractivity contribution in [1.82, 2.24) is 0 Å². The van der Waals surface area contributed by atoms with Crippen molar-refractivity contribution in [2.45, 2.75) is 95.7 Å². The summed E-state index contributed by atoms with van der Waals surface area (Å²) < 4.78 is 9.47. The van der Waals surface area contributed by atoms with Crippen molar-refractivity contribution in [3.63, 3.8) is 0 Å². The Balaban J connectivity index is -0.000000726. The van der Waals surface area contributed by atoms with Gasteiger partial charge in [-0.15, -0.1) is 24.7 Å². The molecule has 0 saturated heterocycles. The molecule has 0 aliphatic heterocycles. The van der Waals surface area contributed by atoms with E-state index in [-0.39, 0.29) is 43.7 Å². The minimum Gasteiger partial charge on any atom is -0.469 e. The summed E-state index contributed by atoms with van der Waals surface area (Å²) in [4.78, 5) is 22.1. The molecular weight excluding hydrogens is 564 g/mol. The molecule has 9 nitrogen and oxygen atoms in total. The van der Waals surface area contributed by atoms with Gasteiger partial charge in [0, 0.05) is 32.8 Å². The molecule has 0 heterocycles. The first kappa shape index (κ1) is 44.4. The molecule has 0 aliphatic rings. The van der Waals surface area contributed by atoms with Crippen LogP contribution in [0.4, 0.5) is 0 Å². The van der Waals surface area contributed by atoms with E-state index in [1.54, 1.807) is 62.5 Å². The molecule has 0 aromatic rings. The molecule has 0 saturated carbocycles. The molecule has 4 atom stereocenters. The summed E-state index contributed by atoms with van der Waals surface area (Å²) in [6, 6.07) is 0. The number of hydrogen-bond donors (Lipinski definition) is 5. The molecule has 0 spiro atoms. The predicted molar refractivity (Wildman–Crippen MR) is 172 cm³/mol. The normalized spacial score (nSPS) is 13.1. The van der Waals surface area contributed by atoms with Crippen LogP contribution < -0.4 is 0 Å². The minimum atomic E-state index is -0.771. The third-order valence-electron chi connectivity index (χ3n) is 4.71. The summed E-state index contributed by atoms with van der Waals surface area (Å²) in [6.07, 6.45) is 23.0. The summed E-state index contributed by atoms with van der Waals surface area (Å²) in [5.41, 5.74) is 0. The van der Waals surface area contributed by atoms with Gasteiger partial charge in [0.05, 0.1) is 25.4 Å². The molecule has 0 fully saturated rings. The van der Waals surface area contributed by atoms with Crippen molar-refractivity contribution < 1.29 is 44.6 Å². The monoisotopic (exact) mass is 612 g/mol. The minimum absolute atomic E-state index is 0.116. The van der Waals surface area contributed by atoms with Crippen LogP contribution >= 0.6 is 0 Å². The Hall–Kier alpha value is -4.06. The Kier molecular flexibility index (Phi) is 33.7. The molecule has 0 bridgehead atoms. The zero-order valence-corrected chi connectivity index (χ0v) is 26.2. The van der Waals surface area contributed by atoms with Crippen molar-refractivity contribution in [1.29, 1.82) is 0 Å². The molecule has 0 rings (SSSR count). The highest BCUT2D eigenvalue weighted by Crippen LogP contribution is 2.03. The van der Waals surface area contributed by atoms with Crippen LogP contribution in [0.15, 0.2) is 48.6 Å². The third-order valence-corrected chi connectivity index (χ3v) is 4.71. The van der Waals surface area contributed by atoms with Crippen LogP contribution in [0.5, 0.6) is 0 Å². The van der Waals surface area contributed by atoms with Gasteiger partial charge >= 0.3 is 11.9 Å². The van der Waals surface area contributed by atoms with Crippen LogP contribution in [0.2, 0.25) is 0 Å². The molecule has 242 valence electrons. The summed E-state index contributed by atoms with van der Waals surface area (Å²) in [7, 11) is 2.33. The van der Waals surface area contributed by atoms with Gasteiger partial charge in [-0.3, -0.25) is 9.59 Å². The second kappa shape index (κ2) is 33.4. The number of hydrogen-bond acceptors (Lipinski definition) is 9. The third kappa shape index (κ3) is 36.0. The average molecular weight is 613 g/mol. The van der Waals surface area contributed by atoms with Gasteiger partial charge in [-0.05, 0) is 51.7 Å². The van der Waals surface area contributed by atoms with E-state index in [2.05, 4.69) is 40.3 Å². The van der Waals surface area contributed by atoms with Crippen LogP contribution in [0.25, 0.3) is 0 Å². The van der Waals surface area contributed by atoms with Crippen molar-refractivity contribution in [2.75, 3.05) is 14.2 Å². The number of esters is 2. The van der Waals surface area contributed by atoms with Crippen LogP contribution in [-0.2, 0) is 19.1 Å². The lowest BCUT2D eigenvalue weighted by Gasteiger charge is -2.07. The Morgan fingerprint density at radius 3 is 1.50 bits per heavy atom. The van der Waals surface area contributed by atoms with Gasteiger partial charge in [-0.2, -0.15) is 0 Å². The molecular formula is C35H48O9. The van der Waals surface area contributed by atoms with Gasteiger partial charge in [0.2, 0.25) is 0 Å². The van der Waals surface area contributed by atoms with Gasteiger partial charge in [0.15, 0.2) is 0 Å². The first-order valence-corrected chi connectivity index (χ1v) is 14.0.